The van der Waals surface area contributed by atoms with Crippen molar-refractivity contribution >= 4 is 63.7 Å². The Morgan fingerprint density at radius 2 is 1.03 bits per heavy atom. The highest BCUT2D eigenvalue weighted by Crippen LogP contribution is 2.47. The molecule has 182 valence electrons. The lowest BCUT2D eigenvalue weighted by molar-refractivity contribution is 0.121. The van der Waals surface area contributed by atoms with E-state index in [1.54, 1.807) is 13.8 Å². The lowest BCUT2D eigenvalue weighted by atomic mass is 9.71. The summed E-state index contributed by atoms with van der Waals surface area (Å²) in [5, 5.41) is 19.3. The summed E-state index contributed by atoms with van der Waals surface area (Å²) >= 11 is 14.6. The average Bonchev–Trinajstić information content (AvgIpc) is 2.77. The van der Waals surface area contributed by atoms with Crippen LogP contribution in [0.2, 0.25) is 0 Å². The van der Waals surface area contributed by atoms with Crippen LogP contribution in [0.3, 0.4) is 0 Å². The third-order valence-corrected chi connectivity index (χ3v) is 7.80. The molecule has 0 aliphatic heterocycles. The van der Waals surface area contributed by atoms with Crippen LogP contribution in [0.4, 0.5) is 0 Å². The van der Waals surface area contributed by atoms with E-state index < -0.39 is 17.6 Å². The van der Waals surface area contributed by atoms with Crippen molar-refractivity contribution in [2.45, 2.75) is 38.4 Å². The molecule has 2 N–H and O–H groups in total. The molecule has 0 fully saturated rings. The standard InChI is InChI=1S/C26H26Br4O4/c1-15(31)13-33-24-20(27)9-18(10-21(24)28)26(3,17-7-5-4-6-8-17)19-11-22(29)25(23(30)12-19)34-14-16(2)32/h4-12,15-16,31-32H,13-14H2,1-3H3. The second-order valence-corrected chi connectivity index (χ2v) is 11.8. The molecular formula is C26H26Br4O4. The highest BCUT2D eigenvalue weighted by atomic mass is 79.9. The first-order chi connectivity index (χ1) is 16.0. The second kappa shape index (κ2) is 11.9. The van der Waals surface area contributed by atoms with Crippen LogP contribution in [-0.4, -0.2) is 35.6 Å². The Labute approximate surface area is 234 Å². The fraction of sp³-hybridized carbons (Fsp3) is 0.308. The minimum atomic E-state index is -0.572. The fourth-order valence-corrected chi connectivity index (χ4v) is 6.48. The molecule has 0 saturated carbocycles. The van der Waals surface area contributed by atoms with Gasteiger partial charge in [0, 0.05) is 5.41 Å². The Balaban J connectivity index is 2.16. The predicted molar refractivity (Wildman–Crippen MR) is 150 cm³/mol. The summed E-state index contributed by atoms with van der Waals surface area (Å²) in [6.45, 7) is 5.94. The van der Waals surface area contributed by atoms with Gasteiger partial charge in [0.15, 0.2) is 0 Å². The van der Waals surface area contributed by atoms with Crippen LogP contribution < -0.4 is 9.47 Å². The third kappa shape index (κ3) is 6.26. The first-order valence-corrected chi connectivity index (χ1v) is 13.9. The zero-order chi connectivity index (χ0) is 25.0. The highest BCUT2D eigenvalue weighted by Gasteiger charge is 2.34. The molecule has 3 rings (SSSR count). The zero-order valence-electron chi connectivity index (χ0n) is 19.0. The average molecular weight is 722 g/mol. The van der Waals surface area contributed by atoms with Gasteiger partial charge >= 0.3 is 0 Å². The van der Waals surface area contributed by atoms with Crippen molar-refractivity contribution < 1.29 is 19.7 Å². The van der Waals surface area contributed by atoms with Gasteiger partial charge in [0.2, 0.25) is 0 Å². The molecule has 8 heteroatoms. The van der Waals surface area contributed by atoms with Gasteiger partial charge in [0.25, 0.3) is 0 Å². The van der Waals surface area contributed by atoms with Crippen LogP contribution in [0.15, 0.2) is 72.5 Å². The monoisotopic (exact) mass is 718 g/mol. The fourth-order valence-electron chi connectivity index (χ4n) is 3.65. The predicted octanol–water partition coefficient (Wildman–Crippen LogP) is 7.61. The summed E-state index contributed by atoms with van der Waals surface area (Å²) in [5.41, 5.74) is 2.67. The minimum absolute atomic E-state index is 0.195. The Morgan fingerprint density at radius 3 is 1.35 bits per heavy atom. The van der Waals surface area contributed by atoms with Crippen molar-refractivity contribution in [1.82, 2.24) is 0 Å². The lowest BCUT2D eigenvalue weighted by Crippen LogP contribution is -2.26. The van der Waals surface area contributed by atoms with Crippen molar-refractivity contribution in [1.29, 1.82) is 0 Å². The molecule has 0 saturated heterocycles. The van der Waals surface area contributed by atoms with Gasteiger partial charge in [-0.05, 0) is 125 Å². The van der Waals surface area contributed by atoms with E-state index in [1.807, 2.05) is 18.2 Å². The summed E-state index contributed by atoms with van der Waals surface area (Å²) in [6, 6.07) is 18.5. The number of benzene rings is 3. The molecule has 34 heavy (non-hydrogen) atoms. The Morgan fingerprint density at radius 1 is 0.676 bits per heavy atom. The Hall–Kier alpha value is -0.900. The molecule has 3 aromatic carbocycles. The largest absolute Gasteiger partial charge is 0.489 e. The molecule has 0 aliphatic carbocycles. The lowest BCUT2D eigenvalue weighted by Gasteiger charge is -2.33. The second-order valence-electron chi connectivity index (χ2n) is 8.35. The summed E-state index contributed by atoms with van der Waals surface area (Å²) in [4.78, 5) is 0. The van der Waals surface area contributed by atoms with Crippen LogP contribution in [0.25, 0.3) is 0 Å². The van der Waals surface area contributed by atoms with Gasteiger partial charge in [-0.1, -0.05) is 30.3 Å². The van der Waals surface area contributed by atoms with Crippen molar-refractivity contribution in [3.05, 3.63) is 89.2 Å². The van der Waals surface area contributed by atoms with Crippen molar-refractivity contribution in [2.75, 3.05) is 13.2 Å². The van der Waals surface area contributed by atoms with Crippen LogP contribution >= 0.6 is 63.7 Å². The van der Waals surface area contributed by atoms with Gasteiger partial charge in [-0.3, -0.25) is 0 Å². The Bertz CT molecular complexity index is 1020. The maximum Gasteiger partial charge on any atom is 0.147 e. The van der Waals surface area contributed by atoms with E-state index in [2.05, 4.69) is 107 Å². The molecule has 0 bridgehead atoms. The van der Waals surface area contributed by atoms with Crippen molar-refractivity contribution in [3.8, 4) is 11.5 Å². The van der Waals surface area contributed by atoms with Crippen molar-refractivity contribution in [3.63, 3.8) is 0 Å². The molecule has 2 atom stereocenters. The van der Waals surface area contributed by atoms with Gasteiger partial charge in [-0.2, -0.15) is 0 Å². The summed E-state index contributed by atoms with van der Waals surface area (Å²) in [5.74, 6) is 1.29. The van der Waals surface area contributed by atoms with Gasteiger partial charge in [-0.15, -0.1) is 0 Å². The molecule has 0 aliphatic rings. The Kier molecular flexibility index (Phi) is 9.68. The van der Waals surface area contributed by atoms with E-state index in [-0.39, 0.29) is 13.2 Å². The van der Waals surface area contributed by atoms with Crippen LogP contribution in [-0.2, 0) is 5.41 Å². The maximum atomic E-state index is 9.63. The van der Waals surface area contributed by atoms with Crippen LogP contribution in [0, 0.1) is 0 Å². The van der Waals surface area contributed by atoms with E-state index in [0.29, 0.717) is 11.5 Å². The van der Waals surface area contributed by atoms with Gasteiger partial charge in [-0.25, -0.2) is 0 Å². The number of ether oxygens (including phenoxy) is 2. The van der Waals surface area contributed by atoms with E-state index in [4.69, 9.17) is 9.47 Å². The number of halogens is 4. The molecule has 2 unspecified atom stereocenters. The van der Waals surface area contributed by atoms with Gasteiger partial charge in [0.05, 0.1) is 30.1 Å². The number of hydrogen-bond donors (Lipinski definition) is 2. The van der Waals surface area contributed by atoms with Crippen LogP contribution in [0.5, 0.6) is 11.5 Å². The molecule has 0 radical (unpaired) electrons. The summed E-state index contributed by atoms with van der Waals surface area (Å²) in [7, 11) is 0. The highest BCUT2D eigenvalue weighted by molar-refractivity contribution is 9.11. The topological polar surface area (TPSA) is 58.9 Å². The first kappa shape index (κ1) is 27.7. The quantitative estimate of drug-likeness (QED) is 0.224. The maximum absolute atomic E-state index is 9.63. The number of hydrogen-bond acceptors (Lipinski definition) is 4. The number of aliphatic hydroxyl groups is 2. The van der Waals surface area contributed by atoms with Gasteiger partial charge in [0.1, 0.15) is 24.7 Å². The molecule has 0 heterocycles. The molecule has 0 spiro atoms. The van der Waals surface area contributed by atoms with E-state index in [0.717, 1.165) is 34.6 Å². The third-order valence-electron chi connectivity index (χ3n) is 5.44. The zero-order valence-corrected chi connectivity index (χ0v) is 25.3. The molecule has 0 amide bonds. The van der Waals surface area contributed by atoms with E-state index >= 15 is 0 Å². The summed E-state index contributed by atoms with van der Waals surface area (Å²) < 4.78 is 14.8. The van der Waals surface area contributed by atoms with E-state index in [1.165, 1.54) is 0 Å². The van der Waals surface area contributed by atoms with Crippen molar-refractivity contribution in [2.24, 2.45) is 0 Å². The van der Waals surface area contributed by atoms with Crippen LogP contribution in [0.1, 0.15) is 37.5 Å². The number of aliphatic hydroxyl groups excluding tert-OH is 2. The minimum Gasteiger partial charge on any atom is -0.489 e. The van der Waals surface area contributed by atoms with Gasteiger partial charge < -0.3 is 19.7 Å². The SMILES string of the molecule is CC(O)COc1c(Br)cc(C(C)(c2ccccc2)c2cc(Br)c(OCC(C)O)c(Br)c2)cc1Br. The van der Waals surface area contributed by atoms with E-state index in [9.17, 15) is 10.2 Å². The normalized spacial score (nSPS) is 14.9. The smallest absolute Gasteiger partial charge is 0.147 e. The molecule has 3 aromatic rings. The molecule has 4 nitrogen and oxygen atoms in total. The number of rotatable bonds is 9. The molecular weight excluding hydrogens is 696 g/mol. The first-order valence-electron chi connectivity index (χ1n) is 10.7. The molecule has 0 aromatic heterocycles. The summed E-state index contributed by atoms with van der Waals surface area (Å²) in [6.07, 6.45) is -1.14.